The van der Waals surface area contributed by atoms with Crippen molar-refractivity contribution in [1.29, 1.82) is 0 Å². The number of methoxy groups -OCH3 is 1. The first-order valence-corrected chi connectivity index (χ1v) is 11.7. The van der Waals surface area contributed by atoms with Gasteiger partial charge in [0.05, 0.1) is 7.11 Å². The van der Waals surface area contributed by atoms with Crippen LogP contribution in [-0.4, -0.2) is 53.9 Å². The van der Waals surface area contributed by atoms with Gasteiger partial charge in [-0.25, -0.2) is 0 Å². The number of thioether (sulfide) groups is 1. The van der Waals surface area contributed by atoms with E-state index in [4.69, 9.17) is 21.1 Å². The predicted molar refractivity (Wildman–Crippen MR) is 122 cm³/mol. The normalized spacial score (nSPS) is 19.4. The van der Waals surface area contributed by atoms with Gasteiger partial charge in [0.15, 0.2) is 0 Å². The molecule has 6 nitrogen and oxygen atoms in total. The molecule has 2 aromatic carbocycles. The summed E-state index contributed by atoms with van der Waals surface area (Å²) >= 11 is 7.41. The van der Waals surface area contributed by atoms with Crippen molar-refractivity contribution < 1.29 is 23.9 Å². The van der Waals surface area contributed by atoms with Gasteiger partial charge < -0.3 is 14.4 Å². The maximum atomic E-state index is 12.9. The molecule has 2 aliphatic heterocycles. The summed E-state index contributed by atoms with van der Waals surface area (Å²) < 4.78 is 11.8. The van der Waals surface area contributed by atoms with Crippen LogP contribution in [0.1, 0.15) is 39.1 Å². The summed E-state index contributed by atoms with van der Waals surface area (Å²) in [5.74, 6) is 0.506. The van der Waals surface area contributed by atoms with Gasteiger partial charge in [0.25, 0.3) is 5.91 Å². The van der Waals surface area contributed by atoms with Crippen LogP contribution in [0.3, 0.4) is 0 Å². The molecule has 0 unspecified atom stereocenters. The third-order valence-electron chi connectivity index (χ3n) is 6.17. The number of piperidine rings is 1. The Kier molecular flexibility index (Phi) is 5.26. The quantitative estimate of drug-likeness (QED) is 0.613. The smallest absolute Gasteiger partial charge is 0.253 e. The number of amides is 1. The number of hydrogen-bond donors (Lipinski definition) is 0. The van der Waals surface area contributed by atoms with Crippen LogP contribution in [0.5, 0.6) is 5.75 Å². The summed E-state index contributed by atoms with van der Waals surface area (Å²) in [4.78, 5) is 40.3. The topological polar surface area (TPSA) is 72.9 Å². The minimum absolute atomic E-state index is 0.0563. The Balaban J connectivity index is 1.39. The molecule has 3 aliphatic rings. The van der Waals surface area contributed by atoms with Crippen molar-refractivity contribution in [3.63, 3.8) is 0 Å². The van der Waals surface area contributed by atoms with Gasteiger partial charge in [-0.1, -0.05) is 17.7 Å². The predicted octanol–water partition coefficient (Wildman–Crippen LogP) is 4.22. The molecule has 164 valence electrons. The number of carbonyl (C=O) groups is 3. The third-order valence-corrected chi connectivity index (χ3v) is 7.73. The summed E-state index contributed by atoms with van der Waals surface area (Å²) in [5.41, 5.74) is 0.985. The van der Waals surface area contributed by atoms with Crippen LogP contribution in [0, 0.1) is 0 Å². The van der Waals surface area contributed by atoms with Crippen LogP contribution < -0.4 is 4.74 Å². The molecule has 0 bridgehead atoms. The van der Waals surface area contributed by atoms with Crippen LogP contribution in [0.4, 0.5) is 0 Å². The van der Waals surface area contributed by atoms with Crippen molar-refractivity contribution in [2.45, 2.75) is 18.4 Å². The van der Waals surface area contributed by atoms with Gasteiger partial charge in [0.1, 0.15) is 22.0 Å². The van der Waals surface area contributed by atoms with Crippen LogP contribution in [0.25, 0.3) is 5.76 Å². The van der Waals surface area contributed by atoms with Gasteiger partial charge >= 0.3 is 0 Å². The molecule has 0 N–H and O–H groups in total. The van der Waals surface area contributed by atoms with E-state index in [2.05, 4.69) is 0 Å². The average molecular weight is 470 g/mol. The van der Waals surface area contributed by atoms with E-state index >= 15 is 0 Å². The number of carbonyl (C=O) groups excluding carboxylic acids is 3. The molecule has 0 saturated carbocycles. The molecule has 0 atom stereocenters. The number of benzene rings is 2. The van der Waals surface area contributed by atoms with E-state index in [1.807, 2.05) is 0 Å². The lowest BCUT2D eigenvalue weighted by Gasteiger charge is -2.45. The Hall–Kier alpha value is -2.77. The average Bonchev–Trinajstić information content (AvgIpc) is 2.82. The van der Waals surface area contributed by atoms with Crippen molar-refractivity contribution in [3.05, 3.63) is 69.1 Å². The summed E-state index contributed by atoms with van der Waals surface area (Å²) in [5, 5.41) is 0.529. The SMILES string of the molecule is COc1ccc2c(c1)C1=C(SCC3(CCN(C(=O)c4cccc(Cl)c4)CC3)O1)C(=O)C2=O. The number of ketones is 2. The first-order chi connectivity index (χ1) is 15.4. The number of nitrogens with zero attached hydrogens (tertiary/aromatic N) is 1. The molecule has 2 aromatic rings. The van der Waals surface area contributed by atoms with Crippen molar-refractivity contribution >= 4 is 46.6 Å². The van der Waals surface area contributed by atoms with Gasteiger partial charge in [-0.3, -0.25) is 14.4 Å². The zero-order valence-corrected chi connectivity index (χ0v) is 18.9. The largest absolute Gasteiger partial charge is 0.497 e. The molecular formula is C24H20ClNO5S. The van der Waals surface area contributed by atoms with Gasteiger partial charge in [-0.15, -0.1) is 11.8 Å². The number of halogens is 1. The van der Waals surface area contributed by atoms with E-state index in [1.54, 1.807) is 54.5 Å². The van der Waals surface area contributed by atoms with E-state index in [-0.39, 0.29) is 5.91 Å². The Morgan fingerprint density at radius 2 is 1.88 bits per heavy atom. The summed E-state index contributed by atoms with van der Waals surface area (Å²) in [6.45, 7) is 1.07. The van der Waals surface area contributed by atoms with Crippen LogP contribution in [0.2, 0.25) is 5.02 Å². The lowest BCUT2D eigenvalue weighted by molar-refractivity contribution is -0.111. The van der Waals surface area contributed by atoms with E-state index in [1.165, 1.54) is 11.8 Å². The molecule has 5 rings (SSSR count). The molecule has 1 spiro atoms. The van der Waals surface area contributed by atoms with Gasteiger partial charge in [-0.2, -0.15) is 0 Å². The second-order valence-corrected chi connectivity index (χ2v) is 9.53. The number of allylic oxidation sites excluding steroid dienone is 1. The lowest BCUT2D eigenvalue weighted by Crippen LogP contribution is -2.50. The Labute approximate surface area is 194 Å². The fourth-order valence-electron chi connectivity index (χ4n) is 4.34. The number of rotatable bonds is 2. The number of fused-ring (bicyclic) bond motifs is 2. The zero-order valence-electron chi connectivity index (χ0n) is 17.4. The highest BCUT2D eigenvalue weighted by atomic mass is 35.5. The van der Waals surface area contributed by atoms with Gasteiger partial charge in [0, 0.05) is 53.4 Å². The molecule has 0 radical (unpaired) electrons. The van der Waals surface area contributed by atoms with Gasteiger partial charge in [0.2, 0.25) is 11.6 Å². The molecule has 1 fully saturated rings. The minimum Gasteiger partial charge on any atom is -0.497 e. The summed E-state index contributed by atoms with van der Waals surface area (Å²) in [6.07, 6.45) is 1.26. The highest BCUT2D eigenvalue weighted by Crippen LogP contribution is 2.47. The second kappa shape index (κ2) is 7.98. The number of ether oxygens (including phenoxy) is 2. The molecule has 32 heavy (non-hydrogen) atoms. The molecule has 1 aliphatic carbocycles. The molecular weight excluding hydrogens is 450 g/mol. The Morgan fingerprint density at radius 3 is 2.59 bits per heavy atom. The van der Waals surface area contributed by atoms with Crippen molar-refractivity contribution in [2.75, 3.05) is 26.0 Å². The van der Waals surface area contributed by atoms with Crippen molar-refractivity contribution in [2.24, 2.45) is 0 Å². The van der Waals surface area contributed by atoms with Crippen molar-refractivity contribution in [1.82, 2.24) is 4.90 Å². The fourth-order valence-corrected chi connectivity index (χ4v) is 5.79. The highest BCUT2D eigenvalue weighted by molar-refractivity contribution is 8.04. The van der Waals surface area contributed by atoms with E-state index in [9.17, 15) is 14.4 Å². The van der Waals surface area contributed by atoms with E-state index in [0.717, 1.165) is 0 Å². The number of Topliss-reactive ketones (excluding diaryl/α,β-unsaturated/α-hetero) is 2. The molecule has 0 aromatic heterocycles. The molecule has 2 heterocycles. The third kappa shape index (κ3) is 3.49. The maximum Gasteiger partial charge on any atom is 0.253 e. The van der Waals surface area contributed by atoms with E-state index in [0.29, 0.717) is 69.8 Å². The second-order valence-electron chi connectivity index (χ2n) is 8.10. The molecule has 1 saturated heterocycles. The summed E-state index contributed by atoms with van der Waals surface area (Å²) in [7, 11) is 1.55. The Bertz CT molecular complexity index is 1180. The van der Waals surface area contributed by atoms with Crippen LogP contribution in [-0.2, 0) is 9.53 Å². The van der Waals surface area contributed by atoms with Crippen LogP contribution in [0.15, 0.2) is 47.4 Å². The summed E-state index contributed by atoms with van der Waals surface area (Å²) in [6, 6.07) is 12.0. The lowest BCUT2D eigenvalue weighted by atomic mass is 9.89. The first-order valence-electron chi connectivity index (χ1n) is 10.3. The molecule has 1 amide bonds. The monoisotopic (exact) mass is 469 g/mol. The standard InChI is InChI=1S/C24H20ClNO5S/c1-30-16-5-6-17-18(12-16)21-22(20(28)19(17)27)32-13-24(31-21)7-9-26(10-8-24)23(29)14-3-2-4-15(25)11-14/h2-6,11-12H,7-10,13H2,1H3. The van der Waals surface area contributed by atoms with Gasteiger partial charge in [-0.05, 0) is 36.4 Å². The zero-order chi connectivity index (χ0) is 22.5. The number of likely N-dealkylation sites (tertiary alicyclic amines) is 1. The van der Waals surface area contributed by atoms with Crippen LogP contribution >= 0.6 is 23.4 Å². The first kappa shape index (κ1) is 21.1. The molecule has 8 heteroatoms. The van der Waals surface area contributed by atoms with Crippen molar-refractivity contribution in [3.8, 4) is 5.75 Å². The minimum atomic E-state index is -0.522. The fraction of sp³-hybridized carbons (Fsp3) is 0.292. The highest BCUT2D eigenvalue weighted by Gasteiger charge is 2.46. The van der Waals surface area contributed by atoms with E-state index < -0.39 is 17.2 Å². The number of hydrogen-bond acceptors (Lipinski definition) is 6. The Morgan fingerprint density at radius 1 is 1.09 bits per heavy atom. The maximum absolute atomic E-state index is 12.9.